The van der Waals surface area contributed by atoms with Crippen molar-refractivity contribution in [3.05, 3.63) is 41.0 Å². The van der Waals surface area contributed by atoms with Crippen LogP contribution in [0.2, 0.25) is 0 Å². The van der Waals surface area contributed by atoms with Crippen LogP contribution in [0.15, 0.2) is 35.5 Å². The molecule has 0 radical (unpaired) electrons. The van der Waals surface area contributed by atoms with E-state index in [1.54, 1.807) is 6.33 Å². The van der Waals surface area contributed by atoms with E-state index >= 15 is 0 Å². The first-order valence-corrected chi connectivity index (χ1v) is 9.96. The summed E-state index contributed by atoms with van der Waals surface area (Å²) >= 11 is 3.82. The Bertz CT molecular complexity index is 887. The van der Waals surface area contributed by atoms with Gasteiger partial charge in [-0.05, 0) is 43.4 Å². The van der Waals surface area contributed by atoms with Crippen LogP contribution in [0.5, 0.6) is 0 Å². The Morgan fingerprint density at radius 3 is 2.96 bits per heavy atom. The highest BCUT2D eigenvalue weighted by Crippen LogP contribution is 2.44. The van der Waals surface area contributed by atoms with Gasteiger partial charge in [0.2, 0.25) is 0 Å². The molecule has 3 aromatic rings. The Kier molecular flexibility index (Phi) is 3.30. The minimum Gasteiger partial charge on any atom is -0.324 e. The fourth-order valence-electron chi connectivity index (χ4n) is 3.67. The van der Waals surface area contributed by atoms with Gasteiger partial charge in [0.05, 0.1) is 11.1 Å². The van der Waals surface area contributed by atoms with Crippen molar-refractivity contribution in [1.82, 2.24) is 9.97 Å². The molecule has 0 saturated carbocycles. The van der Waals surface area contributed by atoms with Crippen molar-refractivity contribution < 1.29 is 0 Å². The smallest absolute Gasteiger partial charge is 0.145 e. The summed E-state index contributed by atoms with van der Waals surface area (Å²) in [5.74, 6) is 2.22. The third-order valence-electron chi connectivity index (χ3n) is 4.72. The maximum Gasteiger partial charge on any atom is 0.145 e. The number of nitrogens with zero attached hydrogens (tertiary/aromatic N) is 3. The number of hydrogen-bond acceptors (Lipinski definition) is 5. The lowest BCUT2D eigenvalue weighted by Crippen LogP contribution is -2.25. The second-order valence-electron chi connectivity index (χ2n) is 6.06. The van der Waals surface area contributed by atoms with E-state index in [0.29, 0.717) is 0 Å². The van der Waals surface area contributed by atoms with E-state index in [1.165, 1.54) is 52.1 Å². The van der Waals surface area contributed by atoms with Crippen molar-refractivity contribution in [1.29, 1.82) is 0 Å². The largest absolute Gasteiger partial charge is 0.324 e. The van der Waals surface area contributed by atoms with Crippen molar-refractivity contribution in [3.63, 3.8) is 0 Å². The van der Waals surface area contributed by atoms with Crippen molar-refractivity contribution in [2.45, 2.75) is 30.6 Å². The van der Waals surface area contributed by atoms with Crippen LogP contribution in [0.4, 0.5) is 11.5 Å². The third kappa shape index (κ3) is 2.17. The first kappa shape index (κ1) is 13.8. The highest BCUT2D eigenvalue weighted by Gasteiger charge is 2.25. The summed E-state index contributed by atoms with van der Waals surface area (Å²) in [7, 11) is 0. The lowest BCUT2D eigenvalue weighted by Gasteiger charge is -2.30. The maximum atomic E-state index is 4.72. The summed E-state index contributed by atoms with van der Waals surface area (Å²) in [5.41, 5.74) is 2.81. The second-order valence-corrected chi connectivity index (χ2v) is 8.28. The SMILES string of the molecule is c1ccc2c(c1)SCCN2c1ncnc2sc3c(c12)CCCC3. The van der Waals surface area contributed by atoms with E-state index in [-0.39, 0.29) is 0 Å². The van der Waals surface area contributed by atoms with Gasteiger partial charge in [0.1, 0.15) is 17.0 Å². The minimum atomic E-state index is 1.01. The van der Waals surface area contributed by atoms with Gasteiger partial charge in [0, 0.05) is 22.1 Å². The molecule has 1 aromatic carbocycles. The molecule has 0 atom stereocenters. The van der Waals surface area contributed by atoms with Crippen LogP contribution in [0.1, 0.15) is 23.3 Å². The van der Waals surface area contributed by atoms with Gasteiger partial charge in [-0.15, -0.1) is 23.1 Å². The summed E-state index contributed by atoms with van der Waals surface area (Å²) in [6.07, 6.45) is 6.73. The Labute approximate surface area is 143 Å². The Morgan fingerprint density at radius 2 is 1.96 bits per heavy atom. The number of anilines is 2. The molecule has 116 valence electrons. The van der Waals surface area contributed by atoms with E-state index in [1.807, 2.05) is 23.1 Å². The summed E-state index contributed by atoms with van der Waals surface area (Å²) in [5, 5.41) is 1.31. The zero-order chi connectivity index (χ0) is 15.2. The molecule has 23 heavy (non-hydrogen) atoms. The van der Waals surface area contributed by atoms with Gasteiger partial charge >= 0.3 is 0 Å². The molecule has 1 aliphatic heterocycles. The first-order chi connectivity index (χ1) is 11.4. The van der Waals surface area contributed by atoms with Crippen LogP contribution >= 0.6 is 23.1 Å². The van der Waals surface area contributed by atoms with Gasteiger partial charge in [-0.2, -0.15) is 0 Å². The average molecular weight is 339 g/mol. The normalized spacial score (nSPS) is 17.1. The predicted molar refractivity (Wildman–Crippen MR) is 98.2 cm³/mol. The molecule has 3 heterocycles. The van der Waals surface area contributed by atoms with Crippen molar-refractivity contribution in [2.24, 2.45) is 0 Å². The topological polar surface area (TPSA) is 29.0 Å². The van der Waals surface area contributed by atoms with Gasteiger partial charge in [-0.25, -0.2) is 9.97 Å². The number of fused-ring (bicyclic) bond motifs is 4. The zero-order valence-electron chi connectivity index (χ0n) is 12.8. The van der Waals surface area contributed by atoms with E-state index in [4.69, 9.17) is 4.98 Å². The maximum absolute atomic E-state index is 4.72. The molecular weight excluding hydrogens is 322 g/mol. The molecule has 0 spiro atoms. The number of benzene rings is 1. The second kappa shape index (κ2) is 5.49. The van der Waals surface area contributed by atoms with Gasteiger partial charge in [0.25, 0.3) is 0 Å². The first-order valence-electron chi connectivity index (χ1n) is 8.16. The molecule has 0 amide bonds. The molecular formula is C18H17N3S2. The molecule has 5 heteroatoms. The summed E-state index contributed by atoms with van der Waals surface area (Å²) in [6, 6.07) is 8.68. The Hall–Kier alpha value is -1.59. The van der Waals surface area contributed by atoms with Crippen LogP contribution in [-0.2, 0) is 12.8 Å². The van der Waals surface area contributed by atoms with Crippen LogP contribution in [0, 0.1) is 0 Å². The molecule has 0 N–H and O–H groups in total. The lowest BCUT2D eigenvalue weighted by molar-refractivity contribution is 0.700. The average Bonchev–Trinajstić information content (AvgIpc) is 3.00. The molecule has 1 aliphatic carbocycles. The van der Waals surface area contributed by atoms with Crippen LogP contribution < -0.4 is 4.90 Å². The highest BCUT2D eigenvalue weighted by atomic mass is 32.2. The van der Waals surface area contributed by atoms with E-state index in [2.05, 4.69) is 34.1 Å². The summed E-state index contributed by atoms with van der Waals surface area (Å²) < 4.78 is 0. The van der Waals surface area contributed by atoms with Crippen LogP contribution in [-0.4, -0.2) is 22.3 Å². The number of rotatable bonds is 1. The van der Waals surface area contributed by atoms with Gasteiger partial charge in [0.15, 0.2) is 0 Å². The highest BCUT2D eigenvalue weighted by molar-refractivity contribution is 7.99. The number of aryl methyl sites for hydroxylation is 2. The monoisotopic (exact) mass is 339 g/mol. The minimum absolute atomic E-state index is 1.01. The Morgan fingerprint density at radius 1 is 1.04 bits per heavy atom. The van der Waals surface area contributed by atoms with Crippen LogP contribution in [0.3, 0.4) is 0 Å². The fourth-order valence-corrected chi connectivity index (χ4v) is 5.89. The fraction of sp³-hybridized carbons (Fsp3) is 0.333. The lowest BCUT2D eigenvalue weighted by atomic mass is 9.97. The van der Waals surface area contributed by atoms with Gasteiger partial charge in [-0.1, -0.05) is 12.1 Å². The number of para-hydroxylation sites is 1. The van der Waals surface area contributed by atoms with Crippen LogP contribution in [0.25, 0.3) is 10.2 Å². The Balaban J connectivity index is 1.74. The molecule has 0 unspecified atom stereocenters. The van der Waals surface area contributed by atoms with E-state index in [0.717, 1.165) is 22.9 Å². The summed E-state index contributed by atoms with van der Waals surface area (Å²) in [6.45, 7) is 1.01. The number of thioether (sulfide) groups is 1. The third-order valence-corrected chi connectivity index (χ3v) is 6.96. The standard InChI is InChI=1S/C18H17N3S2/c1-3-7-14-12(5-1)16-17(19-11-20-18(16)23-14)21-9-10-22-15-8-4-2-6-13(15)21/h2,4,6,8,11H,1,3,5,7,9-10H2. The van der Waals surface area contributed by atoms with Crippen molar-refractivity contribution >= 4 is 44.8 Å². The molecule has 3 nitrogen and oxygen atoms in total. The predicted octanol–water partition coefficient (Wildman–Crippen LogP) is 4.81. The molecule has 2 aliphatic rings. The molecule has 2 aromatic heterocycles. The summed E-state index contributed by atoms with van der Waals surface area (Å²) in [4.78, 5) is 15.8. The quantitative estimate of drug-likeness (QED) is 0.636. The number of hydrogen-bond donors (Lipinski definition) is 0. The van der Waals surface area contributed by atoms with Gasteiger partial charge < -0.3 is 4.90 Å². The molecule has 5 rings (SSSR count). The van der Waals surface area contributed by atoms with E-state index < -0.39 is 0 Å². The van der Waals surface area contributed by atoms with E-state index in [9.17, 15) is 0 Å². The number of thiophene rings is 1. The van der Waals surface area contributed by atoms with Gasteiger partial charge in [-0.3, -0.25) is 0 Å². The molecule has 0 bridgehead atoms. The van der Waals surface area contributed by atoms with Crippen molar-refractivity contribution in [2.75, 3.05) is 17.2 Å². The molecule has 0 fully saturated rings. The zero-order valence-corrected chi connectivity index (χ0v) is 14.4. The molecule has 0 saturated heterocycles. The van der Waals surface area contributed by atoms with Crippen molar-refractivity contribution in [3.8, 4) is 0 Å². The number of aromatic nitrogens is 2.